The maximum absolute atomic E-state index is 11.9. The van der Waals surface area contributed by atoms with Gasteiger partial charge >= 0.3 is 5.97 Å². The molecule has 0 spiro atoms. The zero-order valence-corrected chi connectivity index (χ0v) is 12.5. The number of carboxylic acid groups (broad SMARTS) is 1. The van der Waals surface area contributed by atoms with Crippen molar-refractivity contribution in [1.82, 2.24) is 10.3 Å². The number of rotatable bonds is 8. The third kappa shape index (κ3) is 5.48. The van der Waals surface area contributed by atoms with Crippen LogP contribution in [0.25, 0.3) is 0 Å². The van der Waals surface area contributed by atoms with Gasteiger partial charge in [0.15, 0.2) is 5.13 Å². The molecule has 0 bridgehead atoms. The predicted molar refractivity (Wildman–Crippen MR) is 76.4 cm³/mol. The third-order valence-corrected chi connectivity index (χ3v) is 3.20. The van der Waals surface area contributed by atoms with E-state index in [0.717, 1.165) is 11.3 Å². The summed E-state index contributed by atoms with van der Waals surface area (Å²) in [7, 11) is 1.39. The summed E-state index contributed by atoms with van der Waals surface area (Å²) >= 11 is 1.07. The quantitative estimate of drug-likeness (QED) is 0.650. The van der Waals surface area contributed by atoms with E-state index in [1.165, 1.54) is 12.5 Å². The number of carboxylic acids is 1. The molecule has 1 aromatic heterocycles. The first-order valence-corrected chi connectivity index (χ1v) is 7.13. The highest BCUT2D eigenvalue weighted by molar-refractivity contribution is 7.14. The summed E-state index contributed by atoms with van der Waals surface area (Å²) in [6.07, 6.45) is 0.968. The van der Waals surface area contributed by atoms with Crippen LogP contribution in [0, 0.1) is 0 Å². The Morgan fingerprint density at radius 2 is 2.19 bits per heavy atom. The van der Waals surface area contributed by atoms with E-state index in [4.69, 9.17) is 5.11 Å². The van der Waals surface area contributed by atoms with Crippen LogP contribution >= 0.6 is 11.3 Å². The van der Waals surface area contributed by atoms with Crippen molar-refractivity contribution < 1.29 is 24.2 Å². The zero-order chi connectivity index (χ0) is 15.8. The monoisotopic (exact) mass is 315 g/mol. The predicted octanol–water partition coefficient (Wildman–Crippen LogP) is 0.711. The lowest BCUT2D eigenvalue weighted by atomic mass is 10.1. The van der Waals surface area contributed by atoms with Crippen LogP contribution in [0.1, 0.15) is 30.3 Å². The highest BCUT2D eigenvalue weighted by Crippen LogP contribution is 2.15. The summed E-state index contributed by atoms with van der Waals surface area (Å²) in [6, 6.07) is -0.948. The van der Waals surface area contributed by atoms with E-state index in [0.29, 0.717) is 12.8 Å². The normalized spacial score (nSPS) is 11.7. The molecule has 1 unspecified atom stereocenters. The molecule has 1 rings (SSSR count). The number of hydrogen-bond acceptors (Lipinski definition) is 6. The van der Waals surface area contributed by atoms with E-state index < -0.39 is 17.9 Å². The van der Waals surface area contributed by atoms with Gasteiger partial charge in [0.05, 0.1) is 0 Å². The fourth-order valence-corrected chi connectivity index (χ4v) is 2.21. The van der Waals surface area contributed by atoms with Crippen molar-refractivity contribution in [1.29, 1.82) is 0 Å². The Bertz CT molecular complexity index is 517. The van der Waals surface area contributed by atoms with Crippen molar-refractivity contribution in [2.45, 2.75) is 25.8 Å². The van der Waals surface area contributed by atoms with Crippen LogP contribution in [-0.2, 0) is 14.3 Å². The van der Waals surface area contributed by atoms with E-state index in [2.05, 4.69) is 20.4 Å². The molecule has 9 heteroatoms. The Morgan fingerprint density at radius 1 is 1.48 bits per heavy atom. The number of amides is 2. The Hall–Kier alpha value is -2.00. The zero-order valence-electron chi connectivity index (χ0n) is 11.7. The second kappa shape index (κ2) is 8.32. The maximum Gasteiger partial charge on any atom is 0.326 e. The molecule has 0 aromatic carbocycles. The number of nitrogens with one attached hydrogen (secondary N) is 2. The Balaban J connectivity index is 2.64. The first kappa shape index (κ1) is 17.1. The van der Waals surface area contributed by atoms with Crippen LogP contribution in [0.5, 0.6) is 0 Å². The molecule has 1 atom stereocenters. The molecule has 116 valence electrons. The summed E-state index contributed by atoms with van der Waals surface area (Å²) in [5, 5.41) is 15.5. The van der Waals surface area contributed by atoms with Crippen LogP contribution in [-0.4, -0.2) is 47.6 Å². The van der Waals surface area contributed by atoms with Crippen LogP contribution in [0.4, 0.5) is 5.13 Å². The number of carbonyl (C=O) groups excluding carboxylic acids is 2. The molecule has 8 nitrogen and oxygen atoms in total. The lowest BCUT2D eigenvalue weighted by molar-refractivity contribution is -0.139. The number of ether oxygens (including phenoxy) is 1. The summed E-state index contributed by atoms with van der Waals surface area (Å²) in [5.41, 5.74) is 0.0649. The smallest absolute Gasteiger partial charge is 0.326 e. The van der Waals surface area contributed by atoms with Crippen molar-refractivity contribution in [2.75, 3.05) is 19.0 Å². The highest BCUT2D eigenvalue weighted by atomic mass is 32.1. The van der Waals surface area contributed by atoms with Crippen molar-refractivity contribution in [3.63, 3.8) is 0 Å². The average Bonchev–Trinajstić information content (AvgIpc) is 2.86. The SMILES string of the molecule is CCCC(NC(=O)c1csc(NC(=O)COC)n1)C(=O)O. The lowest BCUT2D eigenvalue weighted by Gasteiger charge is -2.12. The number of methoxy groups -OCH3 is 1. The molecule has 2 amide bonds. The van der Waals surface area contributed by atoms with Gasteiger partial charge < -0.3 is 15.2 Å². The number of carbonyl (C=O) groups is 3. The first-order valence-electron chi connectivity index (χ1n) is 6.25. The topological polar surface area (TPSA) is 118 Å². The summed E-state index contributed by atoms with van der Waals surface area (Å²) in [4.78, 5) is 38.1. The van der Waals surface area contributed by atoms with Crippen molar-refractivity contribution in [3.8, 4) is 0 Å². The summed E-state index contributed by atoms with van der Waals surface area (Å²) in [5.74, 6) is -2.05. The van der Waals surface area contributed by atoms with Crippen molar-refractivity contribution in [2.24, 2.45) is 0 Å². The number of aliphatic carboxylic acids is 1. The molecule has 0 aliphatic heterocycles. The van der Waals surface area contributed by atoms with E-state index in [1.54, 1.807) is 0 Å². The average molecular weight is 315 g/mol. The second-order valence-corrected chi connectivity index (χ2v) is 5.03. The van der Waals surface area contributed by atoms with Crippen LogP contribution < -0.4 is 10.6 Å². The Kier molecular flexibility index (Phi) is 6.76. The van der Waals surface area contributed by atoms with Gasteiger partial charge in [-0.1, -0.05) is 13.3 Å². The molecule has 3 N–H and O–H groups in total. The van der Waals surface area contributed by atoms with E-state index in [-0.39, 0.29) is 23.3 Å². The molecular formula is C12H17N3O5S. The van der Waals surface area contributed by atoms with Gasteiger partial charge in [-0.25, -0.2) is 9.78 Å². The van der Waals surface area contributed by atoms with Gasteiger partial charge in [0, 0.05) is 12.5 Å². The third-order valence-electron chi connectivity index (χ3n) is 2.44. The maximum atomic E-state index is 11.9. The minimum Gasteiger partial charge on any atom is -0.480 e. The molecule has 1 aromatic rings. The number of hydrogen-bond donors (Lipinski definition) is 3. The standard InChI is InChI=1S/C12H17N3O5S/c1-3-4-7(11(18)19)13-10(17)8-6-21-12(14-8)15-9(16)5-20-2/h6-7H,3-5H2,1-2H3,(H,13,17)(H,18,19)(H,14,15,16). The van der Waals surface area contributed by atoms with Gasteiger partial charge in [0.25, 0.3) is 11.8 Å². The van der Waals surface area contributed by atoms with Crippen LogP contribution in [0.2, 0.25) is 0 Å². The Morgan fingerprint density at radius 3 is 2.76 bits per heavy atom. The minimum absolute atomic E-state index is 0.0649. The number of anilines is 1. The van der Waals surface area contributed by atoms with E-state index >= 15 is 0 Å². The fraction of sp³-hybridized carbons (Fsp3) is 0.500. The first-order chi connectivity index (χ1) is 9.97. The van der Waals surface area contributed by atoms with Gasteiger partial charge in [0.2, 0.25) is 0 Å². The van der Waals surface area contributed by atoms with Crippen molar-refractivity contribution in [3.05, 3.63) is 11.1 Å². The molecular weight excluding hydrogens is 298 g/mol. The molecule has 0 radical (unpaired) electrons. The number of nitrogens with zero attached hydrogens (tertiary/aromatic N) is 1. The van der Waals surface area contributed by atoms with E-state index in [9.17, 15) is 14.4 Å². The minimum atomic E-state index is -1.09. The Labute approximate surface area is 125 Å². The molecule has 21 heavy (non-hydrogen) atoms. The van der Waals surface area contributed by atoms with E-state index in [1.807, 2.05) is 6.92 Å². The van der Waals surface area contributed by atoms with Gasteiger partial charge in [-0.2, -0.15) is 0 Å². The molecule has 0 aliphatic rings. The van der Waals surface area contributed by atoms with Gasteiger partial charge in [-0.3, -0.25) is 14.9 Å². The molecule has 0 fully saturated rings. The summed E-state index contributed by atoms with van der Waals surface area (Å²) in [6.45, 7) is 1.72. The summed E-state index contributed by atoms with van der Waals surface area (Å²) < 4.78 is 4.66. The fourth-order valence-electron chi connectivity index (χ4n) is 1.50. The largest absolute Gasteiger partial charge is 0.480 e. The van der Waals surface area contributed by atoms with Gasteiger partial charge in [0.1, 0.15) is 18.3 Å². The molecule has 1 heterocycles. The molecule has 0 aliphatic carbocycles. The number of aromatic nitrogens is 1. The lowest BCUT2D eigenvalue weighted by Crippen LogP contribution is -2.40. The van der Waals surface area contributed by atoms with Crippen LogP contribution in [0.3, 0.4) is 0 Å². The number of thiazole rings is 1. The van der Waals surface area contributed by atoms with Crippen molar-refractivity contribution >= 4 is 34.3 Å². The van der Waals surface area contributed by atoms with Gasteiger partial charge in [-0.15, -0.1) is 11.3 Å². The molecule has 0 saturated heterocycles. The van der Waals surface area contributed by atoms with Crippen LogP contribution in [0.15, 0.2) is 5.38 Å². The highest BCUT2D eigenvalue weighted by Gasteiger charge is 2.21. The second-order valence-electron chi connectivity index (χ2n) is 4.17. The molecule has 0 saturated carbocycles. The van der Waals surface area contributed by atoms with Gasteiger partial charge in [-0.05, 0) is 6.42 Å².